The molecule has 0 saturated heterocycles. The van der Waals surface area contributed by atoms with E-state index in [2.05, 4.69) is 5.32 Å². The highest BCUT2D eigenvalue weighted by Crippen LogP contribution is 2.38. The van der Waals surface area contributed by atoms with Crippen LogP contribution in [0.25, 0.3) is 0 Å². The van der Waals surface area contributed by atoms with Crippen molar-refractivity contribution >= 4 is 23.2 Å². The third-order valence-corrected chi connectivity index (χ3v) is 5.81. The zero-order chi connectivity index (χ0) is 28.6. The van der Waals surface area contributed by atoms with E-state index in [-0.39, 0.29) is 30.0 Å². The molecule has 2 aromatic rings. The smallest absolute Gasteiger partial charge is 0.365 e. The third-order valence-electron chi connectivity index (χ3n) is 5.81. The molecule has 0 spiro atoms. The lowest BCUT2D eigenvalue weighted by atomic mass is 10.00. The van der Waals surface area contributed by atoms with Crippen LogP contribution in [0, 0.1) is 0 Å². The highest BCUT2D eigenvalue weighted by molar-refractivity contribution is 6.03. The normalized spacial score (nSPS) is 16.9. The summed E-state index contributed by atoms with van der Waals surface area (Å²) in [6.45, 7) is 1.40. The van der Waals surface area contributed by atoms with E-state index in [0.717, 1.165) is 0 Å². The van der Waals surface area contributed by atoms with Gasteiger partial charge in [0.1, 0.15) is 12.6 Å². The Morgan fingerprint density at radius 1 is 0.947 bits per heavy atom. The molecule has 5 nitrogen and oxygen atoms in total. The van der Waals surface area contributed by atoms with Crippen LogP contribution in [0.4, 0.5) is 50.9 Å². The molecule has 1 aliphatic rings. The number of hydrogen-bond donors (Lipinski definition) is 1. The van der Waals surface area contributed by atoms with Gasteiger partial charge in [0.2, 0.25) is 5.91 Å². The topological polar surface area (TPSA) is 52.7 Å². The summed E-state index contributed by atoms with van der Waals surface area (Å²) in [5.41, 5.74) is -3.84. The molecular formula is C24H22F9N3O2. The molecule has 1 atom stereocenters. The van der Waals surface area contributed by atoms with Gasteiger partial charge in [-0.1, -0.05) is 18.2 Å². The van der Waals surface area contributed by atoms with Gasteiger partial charge in [-0.25, -0.2) is 0 Å². The number of carbonyl (C=O) groups is 2. The molecule has 0 radical (unpaired) electrons. The fraction of sp³-hybridized carbons (Fsp3) is 0.417. The number of nitrogens with one attached hydrogen (secondary N) is 1. The van der Waals surface area contributed by atoms with Crippen LogP contribution < -0.4 is 15.1 Å². The molecule has 3 rings (SSSR count). The number of fused-ring (bicyclic) bond motifs is 1. The Balaban J connectivity index is 1.95. The number of anilines is 2. The van der Waals surface area contributed by atoms with Crippen molar-refractivity contribution in [3.8, 4) is 0 Å². The summed E-state index contributed by atoms with van der Waals surface area (Å²) in [5.74, 6) is -2.33. The molecule has 0 aliphatic carbocycles. The van der Waals surface area contributed by atoms with E-state index < -0.39 is 66.0 Å². The summed E-state index contributed by atoms with van der Waals surface area (Å²) >= 11 is 0. The highest BCUT2D eigenvalue weighted by Gasteiger charge is 2.42. The lowest BCUT2D eigenvalue weighted by molar-refractivity contribution is -0.143. The minimum Gasteiger partial charge on any atom is -0.365 e. The predicted octanol–water partition coefficient (Wildman–Crippen LogP) is 5.58. The van der Waals surface area contributed by atoms with Crippen LogP contribution in [0.5, 0.6) is 0 Å². The number of para-hydroxylation sites is 2. The molecule has 38 heavy (non-hydrogen) atoms. The Bertz CT molecular complexity index is 1190. The maximum atomic E-state index is 13.5. The van der Waals surface area contributed by atoms with Crippen LogP contribution in [-0.2, 0) is 28.4 Å². The molecule has 0 saturated carbocycles. The Morgan fingerprint density at radius 3 is 2.08 bits per heavy atom. The predicted molar refractivity (Wildman–Crippen MR) is 119 cm³/mol. The Morgan fingerprint density at radius 2 is 1.55 bits per heavy atom. The first kappa shape index (κ1) is 29.1. The Kier molecular flexibility index (Phi) is 7.94. The maximum Gasteiger partial charge on any atom is 0.416 e. The van der Waals surface area contributed by atoms with Crippen LogP contribution in [0.3, 0.4) is 0 Å². The molecule has 1 N–H and O–H groups in total. The minimum atomic E-state index is -5.23. The number of nitrogens with zero attached hydrogens (tertiary/aromatic N) is 2. The van der Waals surface area contributed by atoms with Gasteiger partial charge in [-0.3, -0.25) is 14.5 Å². The van der Waals surface area contributed by atoms with Crippen molar-refractivity contribution in [1.82, 2.24) is 5.32 Å². The molecule has 0 fully saturated rings. The molecule has 208 valence electrons. The van der Waals surface area contributed by atoms with Crippen LogP contribution in [-0.4, -0.2) is 43.2 Å². The lowest BCUT2D eigenvalue weighted by Crippen LogP contribution is -2.54. The Hall–Kier alpha value is -3.45. The fourth-order valence-corrected chi connectivity index (χ4v) is 4.14. The Labute approximate surface area is 211 Å². The standard InChI is InChI=1S/C24H22F9N3O2/c1-13(2)35-11-17(21(38)36(12-22(25,26)27)19-6-4-3-5-18(19)35)34-20(37)9-14-7-8-15(23(28,29)30)10-16(14)24(31,32)33/h3-8,10,13,17H,9,11-12H2,1-2H3,(H,34,37). The average Bonchev–Trinajstić information content (AvgIpc) is 2.87. The van der Waals surface area contributed by atoms with E-state index in [0.29, 0.717) is 17.0 Å². The zero-order valence-corrected chi connectivity index (χ0v) is 19.9. The molecule has 2 aromatic carbocycles. The second-order valence-electron chi connectivity index (χ2n) is 8.94. The first-order valence-electron chi connectivity index (χ1n) is 11.2. The first-order chi connectivity index (χ1) is 17.4. The third kappa shape index (κ3) is 6.70. The fourth-order valence-electron chi connectivity index (χ4n) is 4.14. The van der Waals surface area contributed by atoms with E-state index in [1.165, 1.54) is 18.2 Å². The van der Waals surface area contributed by atoms with Crippen molar-refractivity contribution in [2.75, 3.05) is 22.9 Å². The number of benzene rings is 2. The summed E-state index contributed by atoms with van der Waals surface area (Å²) in [6, 6.07) is 4.59. The summed E-state index contributed by atoms with van der Waals surface area (Å²) in [4.78, 5) is 27.9. The molecule has 1 unspecified atom stereocenters. The van der Waals surface area contributed by atoms with Crippen molar-refractivity contribution in [1.29, 1.82) is 0 Å². The van der Waals surface area contributed by atoms with E-state index in [1.807, 2.05) is 0 Å². The monoisotopic (exact) mass is 555 g/mol. The number of rotatable bonds is 5. The summed E-state index contributed by atoms with van der Waals surface area (Å²) in [6.07, 6.45) is -16.2. The average molecular weight is 555 g/mol. The molecule has 2 amide bonds. The molecule has 0 bridgehead atoms. The lowest BCUT2D eigenvalue weighted by Gasteiger charge is -2.30. The van der Waals surface area contributed by atoms with E-state index >= 15 is 0 Å². The van der Waals surface area contributed by atoms with Gasteiger partial charge in [0.05, 0.1) is 28.9 Å². The van der Waals surface area contributed by atoms with E-state index in [4.69, 9.17) is 0 Å². The van der Waals surface area contributed by atoms with Gasteiger partial charge < -0.3 is 10.2 Å². The van der Waals surface area contributed by atoms with Crippen LogP contribution >= 0.6 is 0 Å². The number of carbonyl (C=O) groups excluding carboxylic acids is 2. The van der Waals surface area contributed by atoms with Crippen molar-refractivity contribution < 1.29 is 49.1 Å². The van der Waals surface area contributed by atoms with Gasteiger partial charge in [0, 0.05) is 12.6 Å². The number of halogens is 9. The molecular weight excluding hydrogens is 533 g/mol. The van der Waals surface area contributed by atoms with E-state index in [9.17, 15) is 49.1 Å². The quantitative estimate of drug-likeness (QED) is 0.491. The van der Waals surface area contributed by atoms with Gasteiger partial charge in [-0.15, -0.1) is 0 Å². The number of hydrogen-bond acceptors (Lipinski definition) is 3. The second kappa shape index (κ2) is 10.4. The number of amides is 2. The maximum absolute atomic E-state index is 13.5. The summed E-state index contributed by atoms with van der Waals surface area (Å²) in [7, 11) is 0. The molecule has 1 heterocycles. The van der Waals surface area contributed by atoms with Crippen LogP contribution in [0.15, 0.2) is 42.5 Å². The van der Waals surface area contributed by atoms with Crippen molar-refractivity contribution in [2.45, 2.75) is 50.9 Å². The summed E-state index contributed by atoms with van der Waals surface area (Å²) in [5, 5.41) is 2.19. The molecule has 1 aliphatic heterocycles. The first-order valence-corrected chi connectivity index (χ1v) is 11.2. The van der Waals surface area contributed by atoms with Crippen LogP contribution in [0.1, 0.15) is 30.5 Å². The molecule has 0 aromatic heterocycles. The molecule has 14 heteroatoms. The summed E-state index contributed by atoms with van der Waals surface area (Å²) < 4.78 is 119. The van der Waals surface area contributed by atoms with Crippen molar-refractivity contribution in [3.05, 3.63) is 59.2 Å². The van der Waals surface area contributed by atoms with Crippen molar-refractivity contribution in [2.24, 2.45) is 0 Å². The number of alkyl halides is 9. The van der Waals surface area contributed by atoms with Gasteiger partial charge in [-0.2, -0.15) is 39.5 Å². The van der Waals surface area contributed by atoms with Crippen LogP contribution in [0.2, 0.25) is 0 Å². The van der Waals surface area contributed by atoms with E-state index in [1.54, 1.807) is 24.8 Å². The van der Waals surface area contributed by atoms with Gasteiger partial charge in [0.15, 0.2) is 0 Å². The minimum absolute atomic E-state index is 0.0672. The van der Waals surface area contributed by atoms with Gasteiger partial charge in [0.25, 0.3) is 5.91 Å². The van der Waals surface area contributed by atoms with Crippen molar-refractivity contribution in [3.63, 3.8) is 0 Å². The highest BCUT2D eigenvalue weighted by atomic mass is 19.4. The van der Waals surface area contributed by atoms with Gasteiger partial charge in [-0.05, 0) is 43.7 Å². The zero-order valence-electron chi connectivity index (χ0n) is 19.9. The van der Waals surface area contributed by atoms with Gasteiger partial charge >= 0.3 is 18.5 Å². The largest absolute Gasteiger partial charge is 0.416 e. The SMILES string of the molecule is CC(C)N1CC(NC(=O)Cc2ccc(C(F)(F)F)cc2C(F)(F)F)C(=O)N(CC(F)(F)F)c2ccccc21. The second-order valence-corrected chi connectivity index (χ2v) is 8.94.